The lowest BCUT2D eigenvalue weighted by Crippen LogP contribution is -2.13. The Morgan fingerprint density at radius 3 is 2.25 bits per heavy atom. The highest BCUT2D eigenvalue weighted by atomic mass is 79.9. The monoisotopic (exact) mass is 234 g/mol. The van der Waals surface area contributed by atoms with Gasteiger partial charge >= 0.3 is 0 Å². The van der Waals surface area contributed by atoms with Gasteiger partial charge in [0.2, 0.25) is 0 Å². The van der Waals surface area contributed by atoms with Crippen molar-refractivity contribution in [1.29, 1.82) is 0 Å². The van der Waals surface area contributed by atoms with Gasteiger partial charge in [0.25, 0.3) is 0 Å². The van der Waals surface area contributed by atoms with Gasteiger partial charge < -0.3 is 9.47 Å². The summed E-state index contributed by atoms with van der Waals surface area (Å²) in [7, 11) is 0. The normalized spacial score (nSPS) is 37.3. The van der Waals surface area contributed by atoms with Crippen LogP contribution in [0, 0.1) is 0 Å². The lowest BCUT2D eigenvalue weighted by atomic mass is 10.3. The number of allylic oxidation sites excluding steroid dienone is 1. The molecule has 1 aliphatic heterocycles. The maximum absolute atomic E-state index is 5.53. The minimum absolute atomic E-state index is 0.146. The van der Waals surface area contributed by atoms with E-state index >= 15 is 0 Å². The molecule has 2 nitrogen and oxygen atoms in total. The Kier molecular flexibility index (Phi) is 3.75. The number of ether oxygens (including phenoxy) is 2. The van der Waals surface area contributed by atoms with Gasteiger partial charge in [-0.25, -0.2) is 0 Å². The number of alkyl halides is 1. The van der Waals surface area contributed by atoms with Gasteiger partial charge in [-0.2, -0.15) is 0 Å². The van der Waals surface area contributed by atoms with Gasteiger partial charge in [-0.3, -0.25) is 0 Å². The van der Waals surface area contributed by atoms with Gasteiger partial charge in [0.15, 0.2) is 6.29 Å². The Bertz CT molecular complexity index is 169. The Hall–Kier alpha value is 0.140. The van der Waals surface area contributed by atoms with E-state index in [0.717, 1.165) is 5.33 Å². The second kappa shape index (κ2) is 4.40. The molecule has 0 radical (unpaired) electrons. The van der Waals surface area contributed by atoms with Crippen LogP contribution < -0.4 is 0 Å². The minimum Gasteiger partial charge on any atom is -0.343 e. The van der Waals surface area contributed by atoms with Crippen LogP contribution in [-0.2, 0) is 9.47 Å². The van der Waals surface area contributed by atoms with Crippen molar-refractivity contribution in [2.45, 2.75) is 39.3 Å². The van der Waals surface area contributed by atoms with Crippen molar-refractivity contribution in [3.8, 4) is 0 Å². The molecule has 3 heteroatoms. The van der Waals surface area contributed by atoms with Crippen molar-refractivity contribution in [3.63, 3.8) is 0 Å². The summed E-state index contributed by atoms with van der Waals surface area (Å²) in [6.07, 6.45) is 2.27. The largest absolute Gasteiger partial charge is 0.343 e. The molecule has 1 heterocycles. The van der Waals surface area contributed by atoms with Crippen molar-refractivity contribution in [3.05, 3.63) is 11.6 Å². The summed E-state index contributed by atoms with van der Waals surface area (Å²) in [5.74, 6) is 0. The van der Waals surface area contributed by atoms with Crippen LogP contribution >= 0.6 is 15.9 Å². The second-order valence-corrected chi connectivity index (χ2v) is 3.76. The van der Waals surface area contributed by atoms with Crippen molar-refractivity contribution >= 4 is 15.9 Å². The number of rotatable bonds is 2. The molecule has 0 aromatic carbocycles. The fraction of sp³-hybridized carbons (Fsp3) is 0.778. The number of hydrogen-bond acceptors (Lipinski definition) is 2. The Morgan fingerprint density at radius 2 is 1.83 bits per heavy atom. The summed E-state index contributed by atoms with van der Waals surface area (Å²) >= 11 is 3.37. The Morgan fingerprint density at radius 1 is 1.33 bits per heavy atom. The van der Waals surface area contributed by atoms with Crippen molar-refractivity contribution in [1.82, 2.24) is 0 Å². The van der Waals surface area contributed by atoms with Gasteiger partial charge in [0.1, 0.15) is 0 Å². The summed E-state index contributed by atoms with van der Waals surface area (Å²) < 4.78 is 11.1. The zero-order valence-electron chi connectivity index (χ0n) is 7.71. The van der Waals surface area contributed by atoms with Crippen LogP contribution in [0.1, 0.15) is 20.8 Å². The molecular weight excluding hydrogens is 220 g/mol. The van der Waals surface area contributed by atoms with Gasteiger partial charge in [-0.15, -0.1) is 0 Å². The van der Waals surface area contributed by atoms with Crippen molar-refractivity contribution in [2.24, 2.45) is 0 Å². The first kappa shape index (κ1) is 10.2. The predicted octanol–water partition coefficient (Wildman–Crippen LogP) is 2.48. The molecule has 0 aliphatic carbocycles. The summed E-state index contributed by atoms with van der Waals surface area (Å²) in [6, 6.07) is 0. The predicted molar refractivity (Wildman–Crippen MR) is 52.4 cm³/mol. The summed E-state index contributed by atoms with van der Waals surface area (Å²) in [5, 5.41) is 0.874. The third kappa shape index (κ3) is 2.57. The quantitative estimate of drug-likeness (QED) is 0.540. The molecule has 0 N–H and O–H groups in total. The highest BCUT2D eigenvalue weighted by Gasteiger charge is 2.27. The SMILES string of the molecule is C/C(=C\C1O[C@@H](C)[C@@H](C)O1)CBr. The Balaban J connectivity index is 2.47. The van der Waals surface area contributed by atoms with E-state index in [4.69, 9.17) is 9.47 Å². The zero-order valence-corrected chi connectivity index (χ0v) is 9.30. The lowest BCUT2D eigenvalue weighted by molar-refractivity contribution is -0.0248. The Labute approximate surface area is 82.1 Å². The second-order valence-electron chi connectivity index (χ2n) is 3.20. The van der Waals surface area contributed by atoms with Crippen molar-refractivity contribution in [2.75, 3.05) is 5.33 Å². The third-order valence-corrected chi connectivity index (χ3v) is 2.87. The molecule has 0 aromatic rings. The fourth-order valence-electron chi connectivity index (χ4n) is 1.03. The first-order valence-electron chi connectivity index (χ1n) is 4.17. The van der Waals surface area contributed by atoms with Crippen LogP contribution in [0.5, 0.6) is 0 Å². The van der Waals surface area contributed by atoms with E-state index in [2.05, 4.69) is 22.9 Å². The molecular formula is C9H15BrO2. The summed E-state index contributed by atoms with van der Waals surface area (Å²) in [6.45, 7) is 6.11. The molecule has 0 aromatic heterocycles. The van der Waals surface area contributed by atoms with Crippen molar-refractivity contribution < 1.29 is 9.47 Å². The van der Waals surface area contributed by atoms with E-state index in [1.165, 1.54) is 5.57 Å². The average molecular weight is 235 g/mol. The van der Waals surface area contributed by atoms with Gasteiger partial charge in [-0.1, -0.05) is 21.5 Å². The van der Waals surface area contributed by atoms with E-state index < -0.39 is 0 Å². The van der Waals surface area contributed by atoms with Crippen LogP contribution in [0.4, 0.5) is 0 Å². The molecule has 70 valence electrons. The van der Waals surface area contributed by atoms with E-state index in [9.17, 15) is 0 Å². The molecule has 0 amide bonds. The number of halogens is 1. The number of hydrogen-bond donors (Lipinski definition) is 0. The maximum atomic E-state index is 5.53. The van der Waals surface area contributed by atoms with Crippen LogP contribution in [0.3, 0.4) is 0 Å². The van der Waals surface area contributed by atoms with Gasteiger partial charge in [-0.05, 0) is 26.8 Å². The smallest absolute Gasteiger partial charge is 0.177 e. The molecule has 3 atom stereocenters. The maximum Gasteiger partial charge on any atom is 0.177 e. The average Bonchev–Trinajstić information content (AvgIpc) is 2.31. The highest BCUT2D eigenvalue weighted by Crippen LogP contribution is 2.20. The summed E-state index contributed by atoms with van der Waals surface area (Å²) in [4.78, 5) is 0. The third-order valence-electron chi connectivity index (χ3n) is 1.99. The van der Waals surface area contributed by atoms with Crippen LogP contribution in [-0.4, -0.2) is 23.8 Å². The molecule has 0 saturated carbocycles. The first-order chi connectivity index (χ1) is 5.63. The minimum atomic E-state index is -0.146. The summed E-state index contributed by atoms with van der Waals surface area (Å²) in [5.41, 5.74) is 1.24. The van der Waals surface area contributed by atoms with Gasteiger partial charge in [0.05, 0.1) is 12.2 Å². The molecule has 1 aliphatic rings. The molecule has 0 bridgehead atoms. The van der Waals surface area contributed by atoms with E-state index in [0.29, 0.717) is 0 Å². The molecule has 0 spiro atoms. The van der Waals surface area contributed by atoms with Crippen LogP contribution in [0.15, 0.2) is 11.6 Å². The van der Waals surface area contributed by atoms with Crippen LogP contribution in [0.25, 0.3) is 0 Å². The molecule has 1 unspecified atom stereocenters. The molecule has 1 fully saturated rings. The van der Waals surface area contributed by atoms with Crippen LogP contribution in [0.2, 0.25) is 0 Å². The standard InChI is InChI=1S/C9H15BrO2/c1-6(5-10)4-9-11-7(2)8(3)12-9/h4,7-9H,5H2,1-3H3/b6-4+/t7-,8+,9?. The van der Waals surface area contributed by atoms with E-state index in [-0.39, 0.29) is 18.5 Å². The molecule has 1 saturated heterocycles. The molecule has 1 rings (SSSR count). The highest BCUT2D eigenvalue weighted by molar-refractivity contribution is 9.09. The topological polar surface area (TPSA) is 18.5 Å². The lowest BCUT2D eigenvalue weighted by Gasteiger charge is -2.04. The first-order valence-corrected chi connectivity index (χ1v) is 5.30. The zero-order chi connectivity index (χ0) is 9.14. The van der Waals surface area contributed by atoms with E-state index in [1.807, 2.05) is 19.9 Å². The van der Waals surface area contributed by atoms with Gasteiger partial charge in [0, 0.05) is 5.33 Å². The van der Waals surface area contributed by atoms with E-state index in [1.54, 1.807) is 0 Å². The molecule has 12 heavy (non-hydrogen) atoms. The fourth-order valence-corrected chi connectivity index (χ4v) is 1.22.